The van der Waals surface area contributed by atoms with Gasteiger partial charge in [-0.2, -0.15) is 0 Å². The summed E-state index contributed by atoms with van der Waals surface area (Å²) in [4.78, 5) is 12.1. The molecule has 0 aliphatic heterocycles. The van der Waals surface area contributed by atoms with Crippen LogP contribution in [0.15, 0.2) is 30.8 Å². The smallest absolute Gasteiger partial charge is 0.407 e. The molecule has 0 radical (unpaired) electrons. The van der Waals surface area contributed by atoms with Crippen molar-refractivity contribution in [3.63, 3.8) is 0 Å². The number of hydrogen-bond acceptors (Lipinski definition) is 4. The van der Waals surface area contributed by atoms with Gasteiger partial charge in [-0.05, 0) is 50.8 Å². The minimum absolute atomic E-state index is 0.135. The number of rotatable bonds is 9. The predicted octanol–water partition coefficient (Wildman–Crippen LogP) is 3.45. The molecule has 0 heterocycles. The summed E-state index contributed by atoms with van der Waals surface area (Å²) in [5.41, 5.74) is 1.74. The van der Waals surface area contributed by atoms with Gasteiger partial charge in [0.25, 0.3) is 0 Å². The molecule has 140 valence electrons. The molecule has 0 spiro atoms. The van der Waals surface area contributed by atoms with E-state index in [-0.39, 0.29) is 19.8 Å². The molecule has 1 amide bonds. The van der Waals surface area contributed by atoms with Crippen molar-refractivity contribution in [1.29, 1.82) is 0 Å². The highest BCUT2D eigenvalue weighted by atomic mass is 16.5. The van der Waals surface area contributed by atoms with E-state index in [1.165, 1.54) is 0 Å². The van der Waals surface area contributed by atoms with Gasteiger partial charge in [0.15, 0.2) is 0 Å². The lowest BCUT2D eigenvalue weighted by atomic mass is 9.84. The summed E-state index contributed by atoms with van der Waals surface area (Å²) in [6.07, 6.45) is 0.506. The molecule has 0 saturated heterocycles. The number of aliphatic hydroxyl groups excluding tert-OH is 2. The van der Waals surface area contributed by atoms with Crippen molar-refractivity contribution < 1.29 is 19.7 Å². The fourth-order valence-corrected chi connectivity index (χ4v) is 2.51. The van der Waals surface area contributed by atoms with E-state index >= 15 is 0 Å². The third-order valence-corrected chi connectivity index (χ3v) is 4.78. The second-order valence-electron chi connectivity index (χ2n) is 7.17. The molecule has 25 heavy (non-hydrogen) atoms. The summed E-state index contributed by atoms with van der Waals surface area (Å²) < 4.78 is 5.25. The van der Waals surface area contributed by atoms with Crippen LogP contribution in [-0.4, -0.2) is 36.1 Å². The van der Waals surface area contributed by atoms with Crippen LogP contribution in [0.25, 0.3) is 5.57 Å². The molecule has 0 saturated carbocycles. The highest BCUT2D eigenvalue weighted by molar-refractivity contribution is 5.69. The van der Waals surface area contributed by atoms with Crippen LogP contribution in [0.4, 0.5) is 4.79 Å². The molecule has 5 nitrogen and oxygen atoms in total. The minimum Gasteiger partial charge on any atom is -0.450 e. The topological polar surface area (TPSA) is 78.8 Å². The number of amides is 1. The summed E-state index contributed by atoms with van der Waals surface area (Å²) in [7, 11) is 0. The van der Waals surface area contributed by atoms with Crippen LogP contribution in [-0.2, 0) is 10.3 Å². The molecule has 0 aromatic heterocycles. The second kappa shape index (κ2) is 9.02. The summed E-state index contributed by atoms with van der Waals surface area (Å²) >= 11 is 0. The lowest BCUT2D eigenvalue weighted by Gasteiger charge is -2.29. The number of aliphatic hydroxyl groups is 2. The van der Waals surface area contributed by atoms with Crippen LogP contribution in [0, 0.1) is 5.41 Å². The molecule has 0 unspecified atom stereocenters. The molecule has 0 bridgehead atoms. The van der Waals surface area contributed by atoms with E-state index < -0.39 is 17.0 Å². The Morgan fingerprint density at radius 3 is 2.44 bits per heavy atom. The number of alkyl carbamates (subject to hydrolysis) is 1. The standard InChI is InChI=1S/C20H31NO4/c1-6-20(13-22,14-23)10-11-25-18(24)21-19(4,5)17-9-7-8-16(12-17)15(2)3/h7-9,12,22-23H,2,6,10-11,13-14H2,1,3-5H3,(H,21,24). The van der Waals surface area contributed by atoms with E-state index in [1.807, 2.05) is 52.0 Å². The Hall–Kier alpha value is -1.85. The molecule has 0 fully saturated rings. The maximum absolute atomic E-state index is 12.1. The molecule has 0 aliphatic carbocycles. The Labute approximate surface area is 150 Å². The lowest BCUT2D eigenvalue weighted by molar-refractivity contribution is 0.0242. The maximum atomic E-state index is 12.1. The Morgan fingerprint density at radius 1 is 1.28 bits per heavy atom. The number of ether oxygens (including phenoxy) is 1. The van der Waals surface area contributed by atoms with Crippen molar-refractivity contribution in [1.82, 2.24) is 5.32 Å². The molecule has 0 atom stereocenters. The first-order valence-corrected chi connectivity index (χ1v) is 8.63. The molecular weight excluding hydrogens is 318 g/mol. The largest absolute Gasteiger partial charge is 0.450 e. The van der Waals surface area contributed by atoms with Crippen molar-refractivity contribution in [2.75, 3.05) is 19.8 Å². The number of carbonyl (C=O) groups is 1. The van der Waals surface area contributed by atoms with E-state index in [9.17, 15) is 15.0 Å². The first-order valence-electron chi connectivity index (χ1n) is 8.63. The average molecular weight is 349 g/mol. The lowest BCUT2D eigenvalue weighted by Crippen LogP contribution is -2.42. The van der Waals surface area contributed by atoms with Crippen LogP contribution in [0.3, 0.4) is 0 Å². The first kappa shape index (κ1) is 21.2. The van der Waals surface area contributed by atoms with E-state index in [1.54, 1.807) is 0 Å². The zero-order chi connectivity index (χ0) is 19.1. The second-order valence-corrected chi connectivity index (χ2v) is 7.17. The summed E-state index contributed by atoms with van der Waals surface area (Å²) in [6.45, 7) is 11.5. The van der Waals surface area contributed by atoms with Gasteiger partial charge >= 0.3 is 6.09 Å². The quantitative estimate of drug-likeness (QED) is 0.638. The minimum atomic E-state index is -0.606. The summed E-state index contributed by atoms with van der Waals surface area (Å²) in [5, 5.41) is 21.7. The van der Waals surface area contributed by atoms with Crippen molar-refractivity contribution in [3.8, 4) is 0 Å². The molecular formula is C20H31NO4. The molecule has 5 heteroatoms. The Bertz CT molecular complexity index is 583. The van der Waals surface area contributed by atoms with E-state index in [0.717, 1.165) is 16.7 Å². The fraction of sp³-hybridized carbons (Fsp3) is 0.550. The van der Waals surface area contributed by atoms with Crippen molar-refractivity contribution in [2.45, 2.75) is 46.1 Å². The van der Waals surface area contributed by atoms with Crippen molar-refractivity contribution in [2.24, 2.45) is 5.41 Å². The maximum Gasteiger partial charge on any atom is 0.407 e. The third-order valence-electron chi connectivity index (χ3n) is 4.78. The van der Waals surface area contributed by atoms with Crippen LogP contribution in [0.1, 0.15) is 51.7 Å². The normalized spacial score (nSPS) is 11.9. The number of nitrogens with one attached hydrogen (secondary N) is 1. The van der Waals surface area contributed by atoms with E-state index in [0.29, 0.717) is 12.8 Å². The Kier molecular flexibility index (Phi) is 7.64. The van der Waals surface area contributed by atoms with Crippen LogP contribution >= 0.6 is 0 Å². The van der Waals surface area contributed by atoms with Crippen molar-refractivity contribution >= 4 is 11.7 Å². The van der Waals surface area contributed by atoms with Gasteiger partial charge in [0, 0.05) is 5.41 Å². The van der Waals surface area contributed by atoms with E-state index in [2.05, 4.69) is 11.9 Å². The van der Waals surface area contributed by atoms with Gasteiger partial charge in [0.2, 0.25) is 0 Å². The molecule has 1 rings (SSSR count). The number of hydrogen-bond donors (Lipinski definition) is 3. The predicted molar refractivity (Wildman–Crippen MR) is 100 cm³/mol. The number of benzene rings is 1. The Balaban J connectivity index is 2.66. The van der Waals surface area contributed by atoms with Gasteiger partial charge in [0.1, 0.15) is 0 Å². The summed E-state index contributed by atoms with van der Waals surface area (Å²) in [5.74, 6) is 0. The zero-order valence-corrected chi connectivity index (χ0v) is 15.8. The van der Waals surface area contributed by atoms with Crippen LogP contribution < -0.4 is 5.32 Å². The SMILES string of the molecule is C=C(C)c1cccc(C(C)(C)NC(=O)OCCC(CC)(CO)CO)c1. The average Bonchev–Trinajstić information content (AvgIpc) is 2.59. The fourth-order valence-electron chi connectivity index (χ4n) is 2.51. The van der Waals surface area contributed by atoms with Gasteiger partial charge in [-0.3, -0.25) is 0 Å². The molecule has 3 N–H and O–H groups in total. The Morgan fingerprint density at radius 2 is 1.92 bits per heavy atom. The van der Waals surface area contributed by atoms with Crippen LogP contribution in [0.5, 0.6) is 0 Å². The van der Waals surface area contributed by atoms with Crippen molar-refractivity contribution in [3.05, 3.63) is 42.0 Å². The van der Waals surface area contributed by atoms with Gasteiger partial charge in [-0.25, -0.2) is 4.79 Å². The number of carbonyl (C=O) groups excluding carboxylic acids is 1. The monoisotopic (exact) mass is 349 g/mol. The van der Waals surface area contributed by atoms with Crippen LogP contribution in [0.2, 0.25) is 0 Å². The first-order chi connectivity index (χ1) is 11.7. The van der Waals surface area contributed by atoms with Gasteiger partial charge in [-0.1, -0.05) is 37.3 Å². The van der Waals surface area contributed by atoms with Gasteiger partial charge < -0.3 is 20.3 Å². The highest BCUT2D eigenvalue weighted by Gasteiger charge is 2.28. The number of allylic oxidation sites excluding steroid dienone is 1. The van der Waals surface area contributed by atoms with Gasteiger partial charge in [-0.15, -0.1) is 0 Å². The zero-order valence-electron chi connectivity index (χ0n) is 15.8. The van der Waals surface area contributed by atoms with E-state index in [4.69, 9.17) is 4.74 Å². The van der Waals surface area contributed by atoms with Gasteiger partial charge in [0.05, 0.1) is 25.4 Å². The molecule has 1 aromatic rings. The third kappa shape index (κ3) is 5.87. The molecule has 1 aromatic carbocycles. The highest BCUT2D eigenvalue weighted by Crippen LogP contribution is 2.26. The molecule has 0 aliphatic rings. The summed E-state index contributed by atoms with van der Waals surface area (Å²) in [6, 6.07) is 7.87.